The van der Waals surface area contributed by atoms with Gasteiger partial charge in [-0.3, -0.25) is 9.59 Å². The van der Waals surface area contributed by atoms with Crippen molar-refractivity contribution >= 4 is 23.5 Å². The molecule has 230 valence electrons. The van der Waals surface area contributed by atoms with E-state index in [1.165, 1.54) is 54.4 Å². The van der Waals surface area contributed by atoms with E-state index in [1.807, 2.05) is 0 Å². The average Bonchev–Trinajstić information content (AvgIpc) is 3.37. The minimum Gasteiger partial charge on any atom is -0.465 e. The third-order valence-corrected chi connectivity index (χ3v) is 6.13. The number of carbonyl (C=O) groups excluding carboxylic acids is 3. The number of halogens is 6. The van der Waals surface area contributed by atoms with Gasteiger partial charge in [0.2, 0.25) is 0 Å². The summed E-state index contributed by atoms with van der Waals surface area (Å²) >= 11 is 0. The summed E-state index contributed by atoms with van der Waals surface area (Å²) < 4.78 is 85.6. The molecule has 1 atom stereocenters. The fourth-order valence-electron chi connectivity index (χ4n) is 4.04. The van der Waals surface area contributed by atoms with Gasteiger partial charge in [0, 0.05) is 11.8 Å². The van der Waals surface area contributed by atoms with Crippen LogP contribution >= 0.6 is 0 Å². The highest BCUT2D eigenvalue weighted by Crippen LogP contribution is 2.36. The molecule has 2 amide bonds. The van der Waals surface area contributed by atoms with E-state index in [0.29, 0.717) is 5.82 Å². The number of hydrogen-bond donors (Lipinski definition) is 2. The minimum absolute atomic E-state index is 0.0942. The van der Waals surface area contributed by atoms with Crippen molar-refractivity contribution in [2.24, 2.45) is 0 Å². The quantitative estimate of drug-likeness (QED) is 0.205. The van der Waals surface area contributed by atoms with E-state index < -0.39 is 52.9 Å². The predicted octanol–water partition coefficient (Wildman–Crippen LogP) is 5.54. The number of alkyl halides is 6. The zero-order valence-corrected chi connectivity index (χ0v) is 23.0. The molecule has 0 spiro atoms. The van der Waals surface area contributed by atoms with Gasteiger partial charge in [-0.2, -0.15) is 31.0 Å². The lowest BCUT2D eigenvalue weighted by molar-refractivity contribution is -0.143. The second kappa shape index (κ2) is 12.1. The van der Waals surface area contributed by atoms with Crippen molar-refractivity contribution in [3.8, 4) is 5.82 Å². The van der Waals surface area contributed by atoms with Crippen molar-refractivity contribution in [3.63, 3.8) is 0 Å². The van der Waals surface area contributed by atoms with Crippen LogP contribution in [-0.2, 0) is 17.1 Å². The Morgan fingerprint density at radius 1 is 0.886 bits per heavy atom. The van der Waals surface area contributed by atoms with Crippen LogP contribution in [0, 0.1) is 6.92 Å². The first-order chi connectivity index (χ1) is 20.6. The number of anilines is 1. The molecule has 2 heterocycles. The highest BCUT2D eigenvalue weighted by atomic mass is 19.4. The van der Waals surface area contributed by atoms with E-state index in [0.717, 1.165) is 0 Å². The van der Waals surface area contributed by atoms with Crippen LogP contribution in [0.2, 0.25) is 0 Å². The van der Waals surface area contributed by atoms with E-state index in [-0.39, 0.29) is 46.7 Å². The first-order valence-corrected chi connectivity index (χ1v) is 12.6. The summed E-state index contributed by atoms with van der Waals surface area (Å²) in [5.74, 6) is -1.83. The van der Waals surface area contributed by atoms with Crippen LogP contribution in [0.3, 0.4) is 0 Å². The molecule has 0 aliphatic carbocycles. The van der Waals surface area contributed by atoms with Gasteiger partial charge < -0.3 is 15.4 Å². The Balaban J connectivity index is 1.58. The number of aromatic nitrogens is 4. The van der Waals surface area contributed by atoms with Gasteiger partial charge in [-0.1, -0.05) is 12.1 Å². The molecule has 0 radical (unpaired) electrons. The van der Waals surface area contributed by atoms with Gasteiger partial charge >= 0.3 is 18.3 Å². The zero-order valence-electron chi connectivity index (χ0n) is 23.0. The summed E-state index contributed by atoms with van der Waals surface area (Å²) in [6.45, 7) is 3.17. The lowest BCUT2D eigenvalue weighted by Crippen LogP contribution is -2.30. The summed E-state index contributed by atoms with van der Waals surface area (Å²) in [5.41, 5.74) is -4.36. The number of pyridine rings is 1. The van der Waals surface area contributed by atoms with Crippen molar-refractivity contribution in [3.05, 3.63) is 100 Å². The minimum atomic E-state index is -5.15. The van der Waals surface area contributed by atoms with E-state index in [1.54, 1.807) is 13.8 Å². The molecule has 2 N–H and O–H groups in total. The van der Waals surface area contributed by atoms with E-state index in [4.69, 9.17) is 0 Å². The number of hydrogen-bond acceptors (Lipinski definition) is 7. The fourth-order valence-corrected chi connectivity index (χ4v) is 4.04. The largest absolute Gasteiger partial charge is 0.465 e. The Hall–Kier alpha value is -5.28. The van der Waals surface area contributed by atoms with Gasteiger partial charge in [0.15, 0.2) is 11.6 Å². The lowest BCUT2D eigenvalue weighted by Gasteiger charge is -2.17. The number of aryl methyl sites for hydroxylation is 1. The Kier molecular flexibility index (Phi) is 8.73. The Morgan fingerprint density at radius 2 is 1.52 bits per heavy atom. The molecule has 10 nitrogen and oxygen atoms in total. The molecule has 16 heteroatoms. The molecule has 2 aromatic heterocycles. The number of para-hydroxylation sites is 1. The lowest BCUT2D eigenvalue weighted by atomic mass is 10.0. The van der Waals surface area contributed by atoms with Crippen LogP contribution in [0.25, 0.3) is 5.82 Å². The number of esters is 1. The maximum Gasteiger partial charge on any atom is 0.416 e. The predicted molar refractivity (Wildman–Crippen MR) is 142 cm³/mol. The smallest absolute Gasteiger partial charge is 0.416 e. The monoisotopic (exact) mass is 620 g/mol. The summed E-state index contributed by atoms with van der Waals surface area (Å²) in [5, 5.41) is 9.17. The number of nitrogens with one attached hydrogen (secondary N) is 2. The molecular formula is C28H22F6N6O4. The topological polar surface area (TPSA) is 128 Å². The maximum absolute atomic E-state index is 13.3. The Morgan fingerprint density at radius 3 is 2.09 bits per heavy atom. The normalized spacial score (nSPS) is 12.4. The summed E-state index contributed by atoms with van der Waals surface area (Å²) in [6.07, 6.45) is -9.03. The summed E-state index contributed by atoms with van der Waals surface area (Å²) in [6, 6.07) is 8.01. The number of nitrogens with zero attached hydrogens (tertiary/aromatic N) is 4. The van der Waals surface area contributed by atoms with Crippen LogP contribution in [0.4, 0.5) is 32.0 Å². The van der Waals surface area contributed by atoms with Crippen molar-refractivity contribution in [2.75, 3.05) is 12.4 Å². The van der Waals surface area contributed by atoms with Gasteiger partial charge in [0.25, 0.3) is 11.8 Å². The second-order valence-corrected chi connectivity index (χ2v) is 9.32. The van der Waals surface area contributed by atoms with Crippen LogP contribution in [0.15, 0.2) is 60.8 Å². The highest BCUT2D eigenvalue weighted by molar-refractivity contribution is 6.09. The van der Waals surface area contributed by atoms with Crippen LogP contribution in [-0.4, -0.2) is 44.6 Å². The number of amides is 2. The zero-order chi connectivity index (χ0) is 32.4. The van der Waals surface area contributed by atoms with Gasteiger partial charge in [-0.15, -0.1) is 5.10 Å². The standard InChI is InChI=1S/C28H22F6N6O4/c1-14(23-37-15(2)39-40(23)22-9-8-16(13-35-22)26(43)44-3)36-25(42)20-6-4-5-7-21(20)38-24(41)17-10-18(27(29,30)31)12-19(11-17)28(32,33)34/h4-14H,1-3H3,(H,36,42)(H,38,41)/t14-/m0/s1. The number of methoxy groups -OCH3 is 1. The van der Waals surface area contributed by atoms with Crippen molar-refractivity contribution < 1.29 is 45.5 Å². The molecule has 0 saturated carbocycles. The number of ether oxygens (including phenoxy) is 1. The number of benzene rings is 2. The molecule has 0 aliphatic heterocycles. The second-order valence-electron chi connectivity index (χ2n) is 9.32. The van der Waals surface area contributed by atoms with E-state index in [2.05, 4.69) is 30.4 Å². The molecule has 0 bridgehead atoms. The van der Waals surface area contributed by atoms with Crippen molar-refractivity contribution in [1.29, 1.82) is 0 Å². The first-order valence-electron chi connectivity index (χ1n) is 12.6. The fraction of sp³-hybridized carbons (Fsp3) is 0.214. The van der Waals surface area contributed by atoms with Crippen molar-refractivity contribution in [1.82, 2.24) is 25.1 Å². The average molecular weight is 621 g/mol. The third-order valence-electron chi connectivity index (χ3n) is 6.13. The SMILES string of the molecule is COC(=O)c1ccc(-n2nc(C)nc2[C@H](C)NC(=O)c2ccccc2NC(=O)c2cc(C(F)(F)F)cc(C(F)(F)F)c2)nc1. The molecule has 0 aliphatic rings. The maximum atomic E-state index is 13.3. The molecule has 4 rings (SSSR count). The molecule has 0 unspecified atom stereocenters. The molecule has 44 heavy (non-hydrogen) atoms. The van der Waals surface area contributed by atoms with Gasteiger partial charge in [0.05, 0.1) is 41.1 Å². The van der Waals surface area contributed by atoms with Crippen LogP contribution < -0.4 is 10.6 Å². The van der Waals surface area contributed by atoms with Gasteiger partial charge in [-0.25, -0.2) is 14.8 Å². The molecular weight excluding hydrogens is 598 g/mol. The Labute approximate surface area is 245 Å². The van der Waals surface area contributed by atoms with Crippen LogP contribution in [0.1, 0.15) is 66.8 Å². The summed E-state index contributed by atoms with van der Waals surface area (Å²) in [7, 11) is 1.22. The molecule has 0 saturated heterocycles. The first kappa shape index (κ1) is 31.7. The van der Waals surface area contributed by atoms with Gasteiger partial charge in [0.1, 0.15) is 5.82 Å². The molecule has 4 aromatic rings. The van der Waals surface area contributed by atoms with Gasteiger partial charge in [-0.05, 0) is 56.3 Å². The van der Waals surface area contributed by atoms with E-state index in [9.17, 15) is 40.7 Å². The van der Waals surface area contributed by atoms with Crippen molar-refractivity contribution in [2.45, 2.75) is 32.2 Å². The van der Waals surface area contributed by atoms with E-state index >= 15 is 0 Å². The molecule has 2 aromatic carbocycles. The molecule has 0 fully saturated rings. The number of rotatable bonds is 7. The van der Waals surface area contributed by atoms with Crippen LogP contribution in [0.5, 0.6) is 0 Å². The highest BCUT2D eigenvalue weighted by Gasteiger charge is 2.37. The summed E-state index contributed by atoms with van der Waals surface area (Å²) in [4.78, 5) is 46.3. The Bertz CT molecular complexity index is 1680. The third kappa shape index (κ3) is 7.02. The number of carbonyl (C=O) groups is 3.